The van der Waals surface area contributed by atoms with Crippen molar-refractivity contribution < 1.29 is 21.9 Å². The third-order valence-corrected chi connectivity index (χ3v) is 6.14. The fourth-order valence-electron chi connectivity index (χ4n) is 2.77. The summed E-state index contributed by atoms with van der Waals surface area (Å²) in [5.74, 6) is -0.553. The zero-order valence-electron chi connectivity index (χ0n) is 15.4. The van der Waals surface area contributed by atoms with Crippen molar-refractivity contribution in [1.82, 2.24) is 0 Å². The molecule has 0 aliphatic carbocycles. The largest absolute Gasteiger partial charge is 0.496 e. The molecule has 146 valence electrons. The Morgan fingerprint density at radius 1 is 0.964 bits per heavy atom. The zero-order valence-corrected chi connectivity index (χ0v) is 16.2. The van der Waals surface area contributed by atoms with E-state index < -0.39 is 21.7 Å². The van der Waals surface area contributed by atoms with Crippen LogP contribution in [0.2, 0.25) is 0 Å². The molecule has 0 bridgehead atoms. The van der Waals surface area contributed by atoms with Crippen LogP contribution in [-0.2, 0) is 16.6 Å². The van der Waals surface area contributed by atoms with E-state index in [4.69, 9.17) is 4.74 Å². The Morgan fingerprint density at radius 2 is 1.64 bits per heavy atom. The number of methoxy groups -OCH3 is 1. The maximum absolute atomic E-state index is 14.2. The minimum Gasteiger partial charge on any atom is -0.496 e. The SMILES string of the molecule is COc1ccccc1CN(c1ccc(C)c(F)c1)S(=O)(=O)c1ccc(F)cc1. The Kier molecular flexibility index (Phi) is 5.65. The van der Waals surface area contributed by atoms with Gasteiger partial charge in [-0.1, -0.05) is 24.3 Å². The van der Waals surface area contributed by atoms with E-state index in [-0.39, 0.29) is 17.1 Å². The number of aryl methyl sites for hydroxylation is 1. The Bertz CT molecular complexity index is 1080. The molecule has 0 amide bonds. The topological polar surface area (TPSA) is 46.6 Å². The maximum atomic E-state index is 14.2. The molecule has 7 heteroatoms. The van der Waals surface area contributed by atoms with Crippen LogP contribution in [0.15, 0.2) is 71.6 Å². The van der Waals surface area contributed by atoms with Crippen molar-refractivity contribution in [2.75, 3.05) is 11.4 Å². The van der Waals surface area contributed by atoms with Crippen LogP contribution >= 0.6 is 0 Å². The van der Waals surface area contributed by atoms with E-state index in [9.17, 15) is 17.2 Å². The molecule has 0 heterocycles. The number of hydrogen-bond donors (Lipinski definition) is 0. The van der Waals surface area contributed by atoms with Crippen molar-refractivity contribution >= 4 is 15.7 Å². The van der Waals surface area contributed by atoms with Crippen LogP contribution in [0.5, 0.6) is 5.75 Å². The van der Waals surface area contributed by atoms with Crippen molar-refractivity contribution in [3.05, 3.63) is 89.5 Å². The summed E-state index contributed by atoms with van der Waals surface area (Å²) in [5.41, 5.74) is 1.18. The molecule has 0 saturated carbocycles. The minimum absolute atomic E-state index is 0.0772. The van der Waals surface area contributed by atoms with Gasteiger partial charge in [0.15, 0.2) is 0 Å². The van der Waals surface area contributed by atoms with Gasteiger partial charge in [-0.2, -0.15) is 0 Å². The van der Waals surface area contributed by atoms with Crippen LogP contribution in [0, 0.1) is 18.6 Å². The van der Waals surface area contributed by atoms with Gasteiger partial charge in [0.1, 0.15) is 17.4 Å². The van der Waals surface area contributed by atoms with Gasteiger partial charge in [0, 0.05) is 5.56 Å². The van der Waals surface area contributed by atoms with Gasteiger partial charge in [-0.3, -0.25) is 4.31 Å². The van der Waals surface area contributed by atoms with Gasteiger partial charge in [-0.15, -0.1) is 0 Å². The van der Waals surface area contributed by atoms with Crippen LogP contribution in [0.25, 0.3) is 0 Å². The number of sulfonamides is 1. The quantitative estimate of drug-likeness (QED) is 0.601. The van der Waals surface area contributed by atoms with Gasteiger partial charge < -0.3 is 4.74 Å². The predicted octanol–water partition coefficient (Wildman–Crippen LogP) is 4.68. The lowest BCUT2D eigenvalue weighted by atomic mass is 10.2. The van der Waals surface area contributed by atoms with Crippen LogP contribution in [0.1, 0.15) is 11.1 Å². The molecule has 28 heavy (non-hydrogen) atoms. The fraction of sp³-hybridized carbons (Fsp3) is 0.143. The molecule has 0 aliphatic rings. The van der Waals surface area contributed by atoms with E-state index in [1.54, 1.807) is 31.2 Å². The molecule has 0 saturated heterocycles. The Balaban J connectivity index is 2.13. The van der Waals surface area contributed by atoms with E-state index in [2.05, 4.69) is 0 Å². The smallest absolute Gasteiger partial charge is 0.264 e. The molecule has 0 atom stereocenters. The van der Waals surface area contributed by atoms with Crippen molar-refractivity contribution in [2.24, 2.45) is 0 Å². The molecular weight excluding hydrogens is 384 g/mol. The molecule has 0 radical (unpaired) electrons. The first-order chi connectivity index (χ1) is 13.3. The normalized spacial score (nSPS) is 11.3. The summed E-state index contributed by atoms with van der Waals surface area (Å²) in [6, 6.07) is 15.7. The Morgan fingerprint density at radius 3 is 2.29 bits per heavy atom. The fourth-order valence-corrected chi connectivity index (χ4v) is 4.21. The van der Waals surface area contributed by atoms with Gasteiger partial charge in [0.05, 0.1) is 24.2 Å². The molecule has 3 aromatic carbocycles. The summed E-state index contributed by atoms with van der Waals surface area (Å²) in [6.45, 7) is 1.52. The second-order valence-corrected chi connectivity index (χ2v) is 8.07. The first-order valence-electron chi connectivity index (χ1n) is 8.49. The molecule has 3 rings (SSSR count). The summed E-state index contributed by atoms with van der Waals surface area (Å²) < 4.78 is 60.4. The lowest BCUT2D eigenvalue weighted by Crippen LogP contribution is -2.31. The van der Waals surface area contributed by atoms with Crippen LogP contribution < -0.4 is 9.04 Å². The lowest BCUT2D eigenvalue weighted by molar-refractivity contribution is 0.410. The minimum atomic E-state index is -4.08. The summed E-state index contributed by atoms with van der Waals surface area (Å²) in [6.07, 6.45) is 0. The molecule has 0 aliphatic heterocycles. The summed E-state index contributed by atoms with van der Waals surface area (Å²) in [7, 11) is -2.59. The van der Waals surface area contributed by atoms with Crippen molar-refractivity contribution in [3.63, 3.8) is 0 Å². The van der Waals surface area contributed by atoms with E-state index in [0.717, 1.165) is 16.4 Å². The first-order valence-corrected chi connectivity index (χ1v) is 9.93. The van der Waals surface area contributed by atoms with Crippen LogP contribution in [-0.4, -0.2) is 15.5 Å². The zero-order chi connectivity index (χ0) is 20.3. The molecule has 0 aromatic heterocycles. The van der Waals surface area contributed by atoms with Crippen molar-refractivity contribution in [1.29, 1.82) is 0 Å². The van der Waals surface area contributed by atoms with E-state index in [0.29, 0.717) is 16.9 Å². The summed E-state index contributed by atoms with van der Waals surface area (Å²) in [5, 5.41) is 0. The Labute approximate surface area is 163 Å². The van der Waals surface area contributed by atoms with E-state index >= 15 is 0 Å². The van der Waals surface area contributed by atoms with Gasteiger partial charge in [0.25, 0.3) is 10.0 Å². The maximum Gasteiger partial charge on any atom is 0.264 e. The highest BCUT2D eigenvalue weighted by molar-refractivity contribution is 7.92. The van der Waals surface area contributed by atoms with Gasteiger partial charge in [-0.25, -0.2) is 17.2 Å². The van der Waals surface area contributed by atoms with Crippen LogP contribution in [0.4, 0.5) is 14.5 Å². The number of anilines is 1. The second kappa shape index (κ2) is 7.98. The Hall–Kier alpha value is -2.93. The molecule has 0 spiro atoms. The number of rotatable bonds is 6. The molecular formula is C21H19F2NO3S. The highest BCUT2D eigenvalue weighted by Crippen LogP contribution is 2.30. The summed E-state index contributed by atoms with van der Waals surface area (Å²) in [4.78, 5) is -0.0928. The van der Waals surface area contributed by atoms with Crippen LogP contribution in [0.3, 0.4) is 0 Å². The van der Waals surface area contributed by atoms with Gasteiger partial charge in [-0.05, 0) is 55.0 Å². The first kappa shape index (κ1) is 19.8. The van der Waals surface area contributed by atoms with Crippen molar-refractivity contribution in [3.8, 4) is 5.75 Å². The third-order valence-electron chi connectivity index (χ3n) is 4.35. The number of para-hydroxylation sites is 1. The van der Waals surface area contributed by atoms with Crippen molar-refractivity contribution in [2.45, 2.75) is 18.4 Å². The third kappa shape index (κ3) is 3.99. The average molecular weight is 403 g/mol. The van der Waals surface area contributed by atoms with Gasteiger partial charge >= 0.3 is 0 Å². The highest BCUT2D eigenvalue weighted by Gasteiger charge is 2.27. The molecule has 3 aromatic rings. The number of benzene rings is 3. The summed E-state index contributed by atoms with van der Waals surface area (Å²) >= 11 is 0. The number of nitrogens with zero attached hydrogens (tertiary/aromatic N) is 1. The average Bonchev–Trinajstić information content (AvgIpc) is 2.69. The monoisotopic (exact) mass is 403 g/mol. The lowest BCUT2D eigenvalue weighted by Gasteiger charge is -2.25. The molecule has 0 N–H and O–H groups in total. The second-order valence-electron chi connectivity index (χ2n) is 6.21. The number of hydrogen-bond acceptors (Lipinski definition) is 3. The predicted molar refractivity (Wildman–Crippen MR) is 104 cm³/mol. The van der Waals surface area contributed by atoms with E-state index in [1.165, 1.54) is 37.4 Å². The number of ether oxygens (including phenoxy) is 1. The molecule has 0 unspecified atom stereocenters. The molecule has 4 nitrogen and oxygen atoms in total. The van der Waals surface area contributed by atoms with Gasteiger partial charge in [0.2, 0.25) is 0 Å². The van der Waals surface area contributed by atoms with E-state index in [1.807, 2.05) is 0 Å². The standard InChI is InChI=1S/C21H19F2NO3S/c1-15-7-10-18(13-20(15)23)24(14-16-5-3-4-6-21(16)27-2)28(25,26)19-11-8-17(22)9-12-19/h3-13H,14H2,1-2H3. The highest BCUT2D eigenvalue weighted by atomic mass is 32.2. The molecule has 0 fully saturated rings. The number of halogens is 2.